The molecule has 3 aromatic heterocycles. The Labute approximate surface area is 156 Å². The first-order valence-corrected chi connectivity index (χ1v) is 8.45. The standard InChI is InChI=1S/C18H18FN5O3/c1-2-27-18(26)13-10-21-24-7-5-15(22-16(13)24)23-6-3-4-14(23)12-8-11(19)9-20-17(12)25/h5,7-10,14H,2-4,6H2,1H3,(H,20,25)/i3D2. The van der Waals surface area contributed by atoms with Crippen LogP contribution < -0.4 is 10.5 Å². The van der Waals surface area contributed by atoms with Gasteiger partial charge in [0.05, 0.1) is 18.8 Å². The number of hydrogen-bond donors (Lipinski definition) is 1. The van der Waals surface area contributed by atoms with Crippen molar-refractivity contribution in [2.75, 3.05) is 18.1 Å². The minimum absolute atomic E-state index is 0.00358. The average Bonchev–Trinajstić information content (AvgIpc) is 3.23. The molecule has 0 aromatic carbocycles. The van der Waals surface area contributed by atoms with Crippen LogP contribution in [0.15, 0.2) is 35.5 Å². The van der Waals surface area contributed by atoms with Gasteiger partial charge in [-0.15, -0.1) is 0 Å². The fraction of sp³-hybridized carbons (Fsp3) is 0.333. The zero-order chi connectivity index (χ0) is 20.8. The first-order valence-electron chi connectivity index (χ1n) is 9.45. The van der Waals surface area contributed by atoms with E-state index < -0.39 is 29.8 Å². The number of pyridine rings is 1. The maximum atomic E-state index is 13.7. The summed E-state index contributed by atoms with van der Waals surface area (Å²) in [6, 6.07) is 2.00. The summed E-state index contributed by atoms with van der Waals surface area (Å²) in [5.74, 6) is -0.837. The summed E-state index contributed by atoms with van der Waals surface area (Å²) in [7, 11) is 0. The fourth-order valence-electron chi connectivity index (χ4n) is 3.15. The normalized spacial score (nSPS) is 19.8. The van der Waals surface area contributed by atoms with Gasteiger partial charge in [0.15, 0.2) is 5.65 Å². The zero-order valence-corrected chi connectivity index (χ0v) is 14.5. The van der Waals surface area contributed by atoms with E-state index in [0.717, 1.165) is 12.3 Å². The van der Waals surface area contributed by atoms with Crippen LogP contribution in [0.1, 0.15) is 44.4 Å². The molecule has 0 aliphatic carbocycles. The molecular weight excluding hydrogens is 353 g/mol. The summed E-state index contributed by atoms with van der Waals surface area (Å²) in [5, 5.41) is 4.08. The van der Waals surface area contributed by atoms with Gasteiger partial charge in [0.2, 0.25) is 0 Å². The van der Waals surface area contributed by atoms with Gasteiger partial charge in [-0.3, -0.25) is 4.79 Å². The summed E-state index contributed by atoms with van der Waals surface area (Å²) < 4.78 is 36.5. The molecule has 1 saturated heterocycles. The Bertz CT molecular complexity index is 1150. The predicted octanol–water partition coefficient (Wildman–Crippen LogP) is 2.07. The van der Waals surface area contributed by atoms with E-state index in [2.05, 4.69) is 15.1 Å². The molecule has 0 radical (unpaired) electrons. The minimum Gasteiger partial charge on any atom is -0.462 e. The lowest BCUT2D eigenvalue weighted by Gasteiger charge is -2.25. The number of halogens is 1. The number of fused-ring (bicyclic) bond motifs is 1. The maximum Gasteiger partial charge on any atom is 0.343 e. The predicted molar refractivity (Wildman–Crippen MR) is 95.3 cm³/mol. The highest BCUT2D eigenvalue weighted by Gasteiger charge is 2.30. The van der Waals surface area contributed by atoms with Crippen LogP contribution in [0.4, 0.5) is 10.2 Å². The second-order valence-corrected chi connectivity index (χ2v) is 6.03. The number of aromatic nitrogens is 4. The molecule has 1 atom stereocenters. The van der Waals surface area contributed by atoms with E-state index in [1.165, 1.54) is 10.7 Å². The molecule has 0 spiro atoms. The first-order chi connectivity index (χ1) is 13.8. The molecule has 9 heteroatoms. The highest BCUT2D eigenvalue weighted by atomic mass is 19.1. The molecule has 1 aliphatic rings. The van der Waals surface area contributed by atoms with Crippen molar-refractivity contribution in [3.8, 4) is 0 Å². The fourth-order valence-corrected chi connectivity index (χ4v) is 3.15. The molecule has 27 heavy (non-hydrogen) atoms. The Balaban J connectivity index is 1.80. The summed E-state index contributed by atoms with van der Waals surface area (Å²) in [6.45, 7) is 1.85. The van der Waals surface area contributed by atoms with Gasteiger partial charge in [-0.05, 0) is 31.9 Å². The average molecular weight is 373 g/mol. The lowest BCUT2D eigenvalue weighted by molar-refractivity contribution is 0.0528. The van der Waals surface area contributed by atoms with Gasteiger partial charge in [0.25, 0.3) is 5.56 Å². The van der Waals surface area contributed by atoms with Gasteiger partial charge in [-0.25, -0.2) is 18.7 Å². The number of rotatable bonds is 4. The van der Waals surface area contributed by atoms with Crippen molar-refractivity contribution in [3.63, 3.8) is 0 Å². The molecular formula is C18H18FN5O3. The number of hydrogen-bond acceptors (Lipinski definition) is 6. The van der Waals surface area contributed by atoms with E-state index in [1.807, 2.05) is 0 Å². The Kier molecular flexibility index (Phi) is 3.76. The third kappa shape index (κ3) is 3.05. The number of anilines is 1. The van der Waals surface area contributed by atoms with Gasteiger partial charge in [0, 0.05) is 27.2 Å². The summed E-state index contributed by atoms with van der Waals surface area (Å²) in [4.78, 5) is 32.8. The molecule has 1 N–H and O–H groups in total. The lowest BCUT2D eigenvalue weighted by Crippen LogP contribution is -2.28. The molecule has 1 fully saturated rings. The van der Waals surface area contributed by atoms with Crippen LogP contribution in [0.3, 0.4) is 0 Å². The molecule has 8 nitrogen and oxygen atoms in total. The van der Waals surface area contributed by atoms with E-state index in [4.69, 9.17) is 7.48 Å². The van der Waals surface area contributed by atoms with Crippen LogP contribution in [0, 0.1) is 5.82 Å². The van der Waals surface area contributed by atoms with Gasteiger partial charge < -0.3 is 14.6 Å². The number of ether oxygens (including phenoxy) is 1. The molecule has 1 aliphatic heterocycles. The number of carbonyl (C=O) groups is 1. The van der Waals surface area contributed by atoms with Gasteiger partial charge >= 0.3 is 5.97 Å². The smallest absolute Gasteiger partial charge is 0.343 e. The Morgan fingerprint density at radius 2 is 2.41 bits per heavy atom. The molecule has 3 aromatic rings. The van der Waals surface area contributed by atoms with Crippen LogP contribution in [0.25, 0.3) is 5.65 Å². The van der Waals surface area contributed by atoms with E-state index in [9.17, 15) is 14.0 Å². The second kappa shape index (κ2) is 6.82. The molecule has 0 amide bonds. The molecule has 0 bridgehead atoms. The van der Waals surface area contributed by atoms with Crippen LogP contribution in [0.5, 0.6) is 0 Å². The van der Waals surface area contributed by atoms with Crippen molar-refractivity contribution < 1.29 is 16.7 Å². The van der Waals surface area contributed by atoms with E-state index in [-0.39, 0.29) is 36.3 Å². The quantitative estimate of drug-likeness (QED) is 0.704. The van der Waals surface area contributed by atoms with Crippen LogP contribution in [0.2, 0.25) is 0 Å². The number of H-pyrrole nitrogens is 1. The van der Waals surface area contributed by atoms with Crippen LogP contribution >= 0.6 is 0 Å². The van der Waals surface area contributed by atoms with Crippen molar-refractivity contribution in [1.82, 2.24) is 19.6 Å². The van der Waals surface area contributed by atoms with E-state index in [1.54, 1.807) is 24.1 Å². The van der Waals surface area contributed by atoms with Gasteiger partial charge in [-0.1, -0.05) is 0 Å². The number of nitrogens with one attached hydrogen (secondary N) is 1. The summed E-state index contributed by atoms with van der Waals surface area (Å²) in [6.07, 6.45) is 2.28. The Morgan fingerprint density at radius 1 is 1.56 bits per heavy atom. The largest absolute Gasteiger partial charge is 0.462 e. The SMILES string of the molecule is [2H]C1([2H])CC(c2cc(F)c[nH]c2=O)N(c2ccn3ncc(C(=O)OCC)c3n2)C1. The van der Waals surface area contributed by atoms with Gasteiger partial charge in [0.1, 0.15) is 17.2 Å². The van der Waals surface area contributed by atoms with Crippen molar-refractivity contribution in [3.05, 3.63) is 58.0 Å². The van der Waals surface area contributed by atoms with Gasteiger partial charge in [-0.2, -0.15) is 5.10 Å². The minimum atomic E-state index is -1.61. The Morgan fingerprint density at radius 3 is 3.22 bits per heavy atom. The molecule has 140 valence electrons. The summed E-state index contributed by atoms with van der Waals surface area (Å²) in [5.41, 5.74) is 0.0558. The van der Waals surface area contributed by atoms with Crippen LogP contribution in [-0.2, 0) is 4.74 Å². The van der Waals surface area contributed by atoms with Crippen molar-refractivity contribution in [2.45, 2.75) is 25.8 Å². The molecule has 1 unspecified atom stereocenters. The van der Waals surface area contributed by atoms with Crippen molar-refractivity contribution >= 4 is 17.4 Å². The number of carbonyl (C=O) groups excluding carboxylic acids is 1. The number of nitrogens with zero attached hydrogens (tertiary/aromatic N) is 4. The number of esters is 1. The highest BCUT2D eigenvalue weighted by molar-refractivity contribution is 5.95. The van der Waals surface area contributed by atoms with E-state index >= 15 is 0 Å². The topological polar surface area (TPSA) is 92.6 Å². The molecule has 4 heterocycles. The molecule has 4 rings (SSSR count). The van der Waals surface area contributed by atoms with E-state index in [0.29, 0.717) is 5.82 Å². The maximum absolute atomic E-state index is 13.7. The highest BCUT2D eigenvalue weighted by Crippen LogP contribution is 2.34. The monoisotopic (exact) mass is 373 g/mol. The number of aromatic amines is 1. The zero-order valence-electron chi connectivity index (χ0n) is 16.5. The third-order valence-electron chi connectivity index (χ3n) is 4.40. The Hall–Kier alpha value is -3.23. The molecule has 0 saturated carbocycles. The van der Waals surface area contributed by atoms with Crippen LogP contribution in [-0.4, -0.2) is 38.7 Å². The van der Waals surface area contributed by atoms with Crippen molar-refractivity contribution in [2.24, 2.45) is 0 Å². The third-order valence-corrected chi connectivity index (χ3v) is 4.40. The summed E-state index contributed by atoms with van der Waals surface area (Å²) >= 11 is 0. The van der Waals surface area contributed by atoms with Crippen molar-refractivity contribution in [1.29, 1.82) is 0 Å². The second-order valence-electron chi connectivity index (χ2n) is 6.03. The first kappa shape index (κ1) is 14.9. The lowest BCUT2D eigenvalue weighted by atomic mass is 10.1.